The zero-order valence-electron chi connectivity index (χ0n) is 12.4. The molecule has 0 radical (unpaired) electrons. The van der Waals surface area contributed by atoms with Crippen LogP contribution in [0.15, 0.2) is 30.6 Å². The van der Waals surface area contributed by atoms with Crippen LogP contribution in [0.3, 0.4) is 0 Å². The Morgan fingerprint density at radius 1 is 1.30 bits per heavy atom. The van der Waals surface area contributed by atoms with Crippen LogP contribution < -0.4 is 4.90 Å². The van der Waals surface area contributed by atoms with Crippen molar-refractivity contribution in [3.63, 3.8) is 0 Å². The third-order valence-electron chi connectivity index (χ3n) is 5.10. The molecule has 0 amide bonds. The number of rotatable bonds is 2. The summed E-state index contributed by atoms with van der Waals surface area (Å²) in [5, 5.41) is 9.13. The maximum absolute atomic E-state index is 9.13. The third-order valence-corrected chi connectivity index (χ3v) is 5.10. The van der Waals surface area contributed by atoms with E-state index in [9.17, 15) is 0 Å². The first-order valence-corrected chi connectivity index (χ1v) is 7.37. The summed E-state index contributed by atoms with van der Waals surface area (Å²) in [6, 6.07) is 8.35. The Morgan fingerprint density at radius 3 is 2.70 bits per heavy atom. The molecule has 1 atom stereocenters. The second-order valence-electron chi connectivity index (χ2n) is 5.95. The molecule has 104 valence electrons. The molecule has 0 saturated carbocycles. The minimum absolute atomic E-state index is 0.249. The summed E-state index contributed by atoms with van der Waals surface area (Å²) in [4.78, 5) is 4.71. The van der Waals surface area contributed by atoms with Gasteiger partial charge in [0, 0.05) is 30.5 Å². The summed E-state index contributed by atoms with van der Waals surface area (Å²) < 4.78 is 0. The zero-order valence-corrected chi connectivity index (χ0v) is 12.4. The predicted molar refractivity (Wildman–Crippen MR) is 81.0 cm³/mol. The van der Waals surface area contributed by atoms with Crippen molar-refractivity contribution >= 4 is 5.69 Å². The summed E-state index contributed by atoms with van der Waals surface area (Å²) in [5.41, 5.74) is 3.58. The van der Waals surface area contributed by atoms with Gasteiger partial charge in [-0.25, -0.2) is 0 Å². The van der Waals surface area contributed by atoms with Gasteiger partial charge in [0.25, 0.3) is 0 Å². The van der Waals surface area contributed by atoms with Crippen molar-refractivity contribution in [3.05, 3.63) is 41.7 Å². The molecular formula is C17H21N3. The van der Waals surface area contributed by atoms with Crippen LogP contribution in [-0.2, 0) is 6.42 Å². The molecular weight excluding hydrogens is 246 g/mol. The van der Waals surface area contributed by atoms with Gasteiger partial charge in [-0.2, -0.15) is 5.26 Å². The van der Waals surface area contributed by atoms with E-state index in [4.69, 9.17) is 5.26 Å². The highest BCUT2D eigenvalue weighted by Gasteiger charge is 2.47. The summed E-state index contributed by atoms with van der Waals surface area (Å²) >= 11 is 0. The Bertz CT molecular complexity index is 593. The number of nitrogens with zero attached hydrogens (tertiary/aromatic N) is 3. The molecule has 2 aliphatic heterocycles. The molecule has 2 heterocycles. The van der Waals surface area contributed by atoms with Gasteiger partial charge in [-0.3, -0.25) is 0 Å². The quantitative estimate of drug-likeness (QED) is 0.822. The van der Waals surface area contributed by atoms with Gasteiger partial charge in [0.2, 0.25) is 0 Å². The first kappa shape index (κ1) is 13.1. The normalized spacial score (nSPS) is 22.4. The zero-order chi connectivity index (χ0) is 14.3. The first-order valence-electron chi connectivity index (χ1n) is 7.37. The van der Waals surface area contributed by atoms with Crippen LogP contribution in [0.4, 0.5) is 5.69 Å². The fourth-order valence-electron chi connectivity index (χ4n) is 3.86. The highest BCUT2D eigenvalue weighted by atomic mass is 15.4. The molecule has 0 aromatic heterocycles. The molecule has 0 bridgehead atoms. The van der Waals surface area contributed by atoms with Crippen LogP contribution in [0.1, 0.15) is 37.8 Å². The van der Waals surface area contributed by atoms with Crippen LogP contribution >= 0.6 is 0 Å². The van der Waals surface area contributed by atoms with Crippen LogP contribution in [0.25, 0.3) is 0 Å². The summed E-state index contributed by atoms with van der Waals surface area (Å²) in [6.45, 7) is 4.57. The highest BCUT2D eigenvalue weighted by Crippen LogP contribution is 2.48. The van der Waals surface area contributed by atoms with Crippen molar-refractivity contribution in [1.82, 2.24) is 4.90 Å². The van der Waals surface area contributed by atoms with Crippen molar-refractivity contribution in [1.29, 1.82) is 5.26 Å². The van der Waals surface area contributed by atoms with Gasteiger partial charge in [0.1, 0.15) is 6.17 Å². The molecule has 0 fully saturated rings. The second kappa shape index (κ2) is 4.56. The fraction of sp³-hybridized carbons (Fsp3) is 0.471. The molecule has 2 aliphatic rings. The third kappa shape index (κ3) is 1.64. The summed E-state index contributed by atoms with van der Waals surface area (Å²) in [7, 11) is 2.16. The van der Waals surface area contributed by atoms with Crippen molar-refractivity contribution in [3.8, 4) is 6.07 Å². The fourth-order valence-corrected chi connectivity index (χ4v) is 3.86. The number of nitriles is 1. The van der Waals surface area contributed by atoms with Crippen molar-refractivity contribution in [2.24, 2.45) is 5.41 Å². The van der Waals surface area contributed by atoms with E-state index in [1.54, 1.807) is 0 Å². The molecule has 0 saturated heterocycles. The standard InChI is InChI=1S/C17H21N3/c1-4-17(5-2)11-14-10-13(12-18)6-7-15(14)20-9-8-19(3)16(17)20/h6-10,16H,4-5,11H2,1-3H3. The molecule has 1 aromatic carbocycles. The van der Waals surface area contributed by atoms with Gasteiger partial charge >= 0.3 is 0 Å². The molecule has 1 aromatic rings. The lowest BCUT2D eigenvalue weighted by atomic mass is 9.70. The molecule has 1 unspecified atom stereocenters. The maximum Gasteiger partial charge on any atom is 0.111 e. The Labute approximate surface area is 121 Å². The average Bonchev–Trinajstić information content (AvgIpc) is 2.88. The maximum atomic E-state index is 9.13. The number of anilines is 1. The van der Waals surface area contributed by atoms with E-state index in [2.05, 4.69) is 61.3 Å². The highest BCUT2D eigenvalue weighted by molar-refractivity contribution is 5.63. The number of benzene rings is 1. The topological polar surface area (TPSA) is 30.3 Å². The second-order valence-corrected chi connectivity index (χ2v) is 5.95. The van der Waals surface area contributed by atoms with Gasteiger partial charge in [-0.1, -0.05) is 13.8 Å². The van der Waals surface area contributed by atoms with Gasteiger partial charge in [0.15, 0.2) is 0 Å². The minimum atomic E-state index is 0.249. The van der Waals surface area contributed by atoms with Crippen LogP contribution in [-0.4, -0.2) is 18.1 Å². The first-order chi connectivity index (χ1) is 9.65. The van der Waals surface area contributed by atoms with E-state index >= 15 is 0 Å². The van der Waals surface area contributed by atoms with E-state index in [1.807, 2.05) is 6.07 Å². The van der Waals surface area contributed by atoms with Crippen LogP contribution in [0.5, 0.6) is 0 Å². The summed E-state index contributed by atoms with van der Waals surface area (Å²) in [6.07, 6.45) is 8.09. The van der Waals surface area contributed by atoms with E-state index in [-0.39, 0.29) is 5.41 Å². The Balaban J connectivity index is 2.15. The SMILES string of the molecule is CCC1(CC)Cc2cc(C#N)ccc2N2C=CN(C)C21. The average molecular weight is 267 g/mol. The van der Waals surface area contributed by atoms with Gasteiger partial charge in [0.05, 0.1) is 11.6 Å². The van der Waals surface area contributed by atoms with Crippen LogP contribution in [0, 0.1) is 16.7 Å². The number of hydrogen-bond acceptors (Lipinski definition) is 3. The van der Waals surface area contributed by atoms with Crippen molar-refractivity contribution in [2.75, 3.05) is 11.9 Å². The molecule has 3 rings (SSSR count). The van der Waals surface area contributed by atoms with Gasteiger partial charge < -0.3 is 9.80 Å². The van der Waals surface area contributed by atoms with Crippen LogP contribution in [0.2, 0.25) is 0 Å². The lowest BCUT2D eigenvalue weighted by Gasteiger charge is -2.50. The molecule has 3 nitrogen and oxygen atoms in total. The Kier molecular flexibility index (Phi) is 2.97. The molecule has 0 aliphatic carbocycles. The minimum Gasteiger partial charge on any atom is -0.358 e. The van der Waals surface area contributed by atoms with Gasteiger partial charge in [-0.15, -0.1) is 0 Å². The summed E-state index contributed by atoms with van der Waals surface area (Å²) in [5.74, 6) is 0. The van der Waals surface area contributed by atoms with E-state index < -0.39 is 0 Å². The Morgan fingerprint density at radius 2 is 2.05 bits per heavy atom. The predicted octanol–water partition coefficient (Wildman–Crippen LogP) is 3.47. The molecule has 0 spiro atoms. The van der Waals surface area contributed by atoms with E-state index in [0.717, 1.165) is 24.8 Å². The number of hydrogen-bond donors (Lipinski definition) is 0. The largest absolute Gasteiger partial charge is 0.358 e. The Hall–Kier alpha value is -1.95. The smallest absolute Gasteiger partial charge is 0.111 e. The lowest BCUT2D eigenvalue weighted by molar-refractivity contribution is 0.109. The lowest BCUT2D eigenvalue weighted by Crippen LogP contribution is -2.54. The number of fused-ring (bicyclic) bond motifs is 3. The molecule has 20 heavy (non-hydrogen) atoms. The van der Waals surface area contributed by atoms with E-state index in [0.29, 0.717) is 6.17 Å². The molecule has 3 heteroatoms. The van der Waals surface area contributed by atoms with Crippen molar-refractivity contribution in [2.45, 2.75) is 39.3 Å². The van der Waals surface area contributed by atoms with Gasteiger partial charge in [-0.05, 0) is 43.0 Å². The van der Waals surface area contributed by atoms with Crippen molar-refractivity contribution < 1.29 is 0 Å². The van der Waals surface area contributed by atoms with E-state index in [1.165, 1.54) is 11.3 Å². The molecule has 0 N–H and O–H groups in total. The monoisotopic (exact) mass is 267 g/mol.